The first kappa shape index (κ1) is 14.6. The van der Waals surface area contributed by atoms with Gasteiger partial charge in [-0.25, -0.2) is 0 Å². The summed E-state index contributed by atoms with van der Waals surface area (Å²) in [7, 11) is 1.38. The van der Waals surface area contributed by atoms with Crippen LogP contribution in [0.2, 0.25) is 0 Å². The van der Waals surface area contributed by atoms with Crippen molar-refractivity contribution in [3.63, 3.8) is 0 Å². The molecular weight excluding hydrogens is 277 g/mol. The van der Waals surface area contributed by atoms with Gasteiger partial charge in [0.05, 0.1) is 19.6 Å². The first-order chi connectivity index (χ1) is 9.30. The molecule has 2 atom stereocenters. The molecule has 1 aliphatic rings. The maximum absolute atomic E-state index is 12.2. The van der Waals surface area contributed by atoms with Crippen molar-refractivity contribution in [2.75, 3.05) is 7.11 Å². The number of carbonyl (C=O) groups excluding carboxylic acids is 1. The van der Waals surface area contributed by atoms with E-state index in [0.717, 1.165) is 0 Å². The van der Waals surface area contributed by atoms with Crippen LogP contribution in [-0.2, 0) is 9.53 Å². The number of carbonyl (C=O) groups is 1. The Balaban J connectivity index is 2.10. The largest absolute Gasteiger partial charge is 0.493 e. The van der Waals surface area contributed by atoms with E-state index in [1.807, 2.05) is 0 Å². The molecule has 1 saturated heterocycles. The van der Waals surface area contributed by atoms with E-state index in [4.69, 9.17) is 14.2 Å². The van der Waals surface area contributed by atoms with Crippen molar-refractivity contribution >= 4 is 5.97 Å². The van der Waals surface area contributed by atoms with Crippen LogP contribution >= 0.6 is 0 Å². The summed E-state index contributed by atoms with van der Waals surface area (Å²) in [5, 5.41) is 0. The molecule has 2 rings (SSSR count). The number of esters is 1. The van der Waals surface area contributed by atoms with Crippen LogP contribution < -0.4 is 9.47 Å². The predicted octanol–water partition coefficient (Wildman–Crippen LogP) is 3.01. The minimum atomic E-state index is -4.25. The molecule has 1 aliphatic heterocycles. The van der Waals surface area contributed by atoms with Crippen LogP contribution in [0, 0.1) is 0 Å². The van der Waals surface area contributed by atoms with E-state index in [1.54, 1.807) is 6.07 Å². The van der Waals surface area contributed by atoms with Crippen molar-refractivity contribution in [1.29, 1.82) is 0 Å². The highest BCUT2D eigenvalue weighted by Crippen LogP contribution is 2.46. The summed E-state index contributed by atoms with van der Waals surface area (Å²) in [6.07, 6.45) is -6.69. The fourth-order valence-electron chi connectivity index (χ4n) is 1.92. The molecule has 1 fully saturated rings. The number of hydrogen-bond donors (Lipinski definition) is 0. The fourth-order valence-corrected chi connectivity index (χ4v) is 1.92. The second-order valence-electron chi connectivity index (χ2n) is 4.42. The summed E-state index contributed by atoms with van der Waals surface area (Å²) in [4.78, 5) is 10.9. The molecule has 4 nitrogen and oxygen atoms in total. The molecule has 7 heteroatoms. The Morgan fingerprint density at radius 1 is 1.35 bits per heavy atom. The van der Waals surface area contributed by atoms with Crippen LogP contribution in [0.1, 0.15) is 25.0 Å². The second kappa shape index (κ2) is 5.32. The van der Waals surface area contributed by atoms with Crippen LogP contribution in [0.15, 0.2) is 18.2 Å². The van der Waals surface area contributed by atoms with E-state index in [2.05, 4.69) is 0 Å². The Labute approximate surface area is 113 Å². The Morgan fingerprint density at radius 2 is 2.05 bits per heavy atom. The Morgan fingerprint density at radius 3 is 2.60 bits per heavy atom. The summed E-state index contributed by atoms with van der Waals surface area (Å²) < 4.78 is 51.7. The van der Waals surface area contributed by atoms with Gasteiger partial charge in [0, 0.05) is 6.92 Å². The van der Waals surface area contributed by atoms with E-state index < -0.39 is 30.8 Å². The third-order valence-corrected chi connectivity index (χ3v) is 2.79. The van der Waals surface area contributed by atoms with Gasteiger partial charge in [0.15, 0.2) is 11.5 Å². The smallest absolute Gasteiger partial charge is 0.391 e. The first-order valence-corrected chi connectivity index (χ1v) is 5.88. The fraction of sp³-hybridized carbons (Fsp3) is 0.462. The SMILES string of the molecule is COc1cc([C@H]2O[C@@H]2CC(F)(F)F)ccc1OC(C)=O. The standard InChI is InChI=1S/C13H13F3O4/c1-7(17)19-9-4-3-8(5-10(9)18-2)12-11(20-12)6-13(14,15)16/h3-5,11-12H,6H2,1-2H3/t11-,12-/m1/s1. The first-order valence-electron chi connectivity index (χ1n) is 5.88. The van der Waals surface area contributed by atoms with Crippen molar-refractivity contribution in [1.82, 2.24) is 0 Å². The average molecular weight is 290 g/mol. The van der Waals surface area contributed by atoms with Gasteiger partial charge in [0.25, 0.3) is 0 Å². The third kappa shape index (κ3) is 3.63. The zero-order valence-corrected chi connectivity index (χ0v) is 10.9. The summed E-state index contributed by atoms with van der Waals surface area (Å²) >= 11 is 0. The lowest BCUT2D eigenvalue weighted by atomic mass is 10.1. The Kier molecular flexibility index (Phi) is 3.89. The third-order valence-electron chi connectivity index (χ3n) is 2.79. The summed E-state index contributed by atoms with van der Waals surface area (Å²) in [5.74, 6) is -0.00981. The number of epoxide rings is 1. The topological polar surface area (TPSA) is 48.1 Å². The van der Waals surface area contributed by atoms with Crippen LogP contribution in [0.5, 0.6) is 11.5 Å². The lowest BCUT2D eigenvalue weighted by Gasteiger charge is -2.09. The number of benzene rings is 1. The average Bonchev–Trinajstić information content (AvgIpc) is 3.05. The molecular formula is C13H13F3O4. The number of hydrogen-bond acceptors (Lipinski definition) is 4. The van der Waals surface area contributed by atoms with Crippen molar-refractivity contribution in [2.45, 2.75) is 31.7 Å². The molecule has 1 aromatic carbocycles. The van der Waals surface area contributed by atoms with Crippen molar-refractivity contribution in [2.24, 2.45) is 0 Å². The molecule has 0 N–H and O–H groups in total. The van der Waals surface area contributed by atoms with Crippen LogP contribution in [-0.4, -0.2) is 25.4 Å². The number of halogens is 3. The van der Waals surface area contributed by atoms with Gasteiger partial charge < -0.3 is 14.2 Å². The Hall–Kier alpha value is -1.76. The van der Waals surface area contributed by atoms with Gasteiger partial charge in [0.2, 0.25) is 0 Å². The van der Waals surface area contributed by atoms with E-state index in [9.17, 15) is 18.0 Å². The highest BCUT2D eigenvalue weighted by Gasteiger charge is 2.47. The van der Waals surface area contributed by atoms with Crippen molar-refractivity contribution in [3.8, 4) is 11.5 Å². The minimum absolute atomic E-state index is 0.219. The number of rotatable bonds is 4. The van der Waals surface area contributed by atoms with Gasteiger partial charge in [-0.2, -0.15) is 13.2 Å². The molecule has 0 bridgehead atoms. The van der Waals surface area contributed by atoms with Crippen LogP contribution in [0.25, 0.3) is 0 Å². The van der Waals surface area contributed by atoms with E-state index in [-0.39, 0.29) is 11.5 Å². The van der Waals surface area contributed by atoms with Gasteiger partial charge in [-0.1, -0.05) is 6.07 Å². The molecule has 0 amide bonds. The molecule has 110 valence electrons. The molecule has 0 radical (unpaired) electrons. The van der Waals surface area contributed by atoms with E-state index >= 15 is 0 Å². The molecule has 1 aromatic rings. The number of alkyl halides is 3. The van der Waals surface area contributed by atoms with Gasteiger partial charge >= 0.3 is 12.1 Å². The molecule has 20 heavy (non-hydrogen) atoms. The van der Waals surface area contributed by atoms with Gasteiger partial charge in [-0.3, -0.25) is 4.79 Å². The quantitative estimate of drug-likeness (QED) is 0.486. The number of methoxy groups -OCH3 is 1. The van der Waals surface area contributed by atoms with Crippen LogP contribution in [0.4, 0.5) is 13.2 Å². The molecule has 0 unspecified atom stereocenters. The number of ether oxygens (including phenoxy) is 3. The molecule has 0 saturated carbocycles. The van der Waals surface area contributed by atoms with Crippen molar-refractivity contribution < 1.29 is 32.2 Å². The van der Waals surface area contributed by atoms with Gasteiger partial charge in [0.1, 0.15) is 6.10 Å². The molecule has 0 aliphatic carbocycles. The van der Waals surface area contributed by atoms with Gasteiger partial charge in [-0.05, 0) is 17.7 Å². The van der Waals surface area contributed by atoms with E-state index in [1.165, 1.54) is 26.2 Å². The second-order valence-corrected chi connectivity index (χ2v) is 4.42. The predicted molar refractivity (Wildman–Crippen MR) is 62.6 cm³/mol. The summed E-state index contributed by atoms with van der Waals surface area (Å²) in [6, 6.07) is 4.54. The highest BCUT2D eigenvalue weighted by atomic mass is 19.4. The Bertz CT molecular complexity index is 513. The van der Waals surface area contributed by atoms with Gasteiger partial charge in [-0.15, -0.1) is 0 Å². The molecule has 0 aromatic heterocycles. The maximum Gasteiger partial charge on any atom is 0.391 e. The summed E-state index contributed by atoms with van der Waals surface area (Å²) in [6.45, 7) is 1.25. The normalized spacial score (nSPS) is 21.4. The highest BCUT2D eigenvalue weighted by molar-refractivity contribution is 5.70. The lowest BCUT2D eigenvalue weighted by Crippen LogP contribution is -2.11. The lowest BCUT2D eigenvalue weighted by molar-refractivity contribution is -0.138. The van der Waals surface area contributed by atoms with E-state index in [0.29, 0.717) is 5.56 Å². The molecule has 0 spiro atoms. The van der Waals surface area contributed by atoms with Crippen LogP contribution in [0.3, 0.4) is 0 Å². The molecule has 1 heterocycles. The zero-order chi connectivity index (χ0) is 14.9. The summed E-state index contributed by atoms with van der Waals surface area (Å²) in [5.41, 5.74) is 0.562. The maximum atomic E-state index is 12.2. The minimum Gasteiger partial charge on any atom is -0.493 e. The zero-order valence-electron chi connectivity index (χ0n) is 10.9. The van der Waals surface area contributed by atoms with Crippen molar-refractivity contribution in [3.05, 3.63) is 23.8 Å². The monoisotopic (exact) mass is 290 g/mol.